The summed E-state index contributed by atoms with van der Waals surface area (Å²) in [6, 6.07) is 13.3. The topological polar surface area (TPSA) is 37.3 Å². The number of hydrogen-bond donors (Lipinski definition) is 1. The first-order valence-corrected chi connectivity index (χ1v) is 11.5. The Hall–Kier alpha value is -1.80. The number of carbonyl (C=O) groups excluding carboxylic acids is 1. The Balaban J connectivity index is 1.22. The molecule has 1 N–H and O–H groups in total. The fraction of sp³-hybridized carbons (Fsp3) is 0.500. The number of ketones is 1. The van der Waals surface area contributed by atoms with Gasteiger partial charge in [-0.15, -0.1) is 0 Å². The van der Waals surface area contributed by atoms with Gasteiger partial charge in [-0.25, -0.2) is 0 Å². The van der Waals surface area contributed by atoms with Crippen molar-refractivity contribution in [2.45, 2.75) is 57.8 Å². The summed E-state index contributed by atoms with van der Waals surface area (Å²) in [5, 5.41) is 10.6. The predicted octanol–water partition coefficient (Wildman–Crippen LogP) is 6.62. The van der Waals surface area contributed by atoms with Crippen LogP contribution in [0, 0.1) is 23.2 Å². The Kier molecular flexibility index (Phi) is 4.94. The molecule has 0 spiro atoms. The summed E-state index contributed by atoms with van der Waals surface area (Å²) in [6.45, 7) is 0. The fourth-order valence-corrected chi connectivity index (χ4v) is 7.03. The van der Waals surface area contributed by atoms with Gasteiger partial charge in [0.1, 0.15) is 5.75 Å². The van der Waals surface area contributed by atoms with Crippen molar-refractivity contribution >= 4 is 17.4 Å². The van der Waals surface area contributed by atoms with Crippen LogP contribution in [0.4, 0.5) is 0 Å². The molecule has 0 amide bonds. The molecule has 3 heteroatoms. The molecule has 2 aromatic rings. The molecule has 0 radical (unpaired) electrons. The summed E-state index contributed by atoms with van der Waals surface area (Å²) >= 11 is 6.03. The monoisotopic (exact) mass is 408 g/mol. The van der Waals surface area contributed by atoms with Crippen LogP contribution in [0.15, 0.2) is 42.5 Å². The van der Waals surface area contributed by atoms with E-state index >= 15 is 0 Å². The minimum absolute atomic E-state index is 0.289. The van der Waals surface area contributed by atoms with Crippen molar-refractivity contribution in [2.24, 2.45) is 23.2 Å². The lowest BCUT2D eigenvalue weighted by Gasteiger charge is -2.56. The van der Waals surface area contributed by atoms with Crippen molar-refractivity contribution in [1.29, 1.82) is 0 Å². The van der Waals surface area contributed by atoms with Gasteiger partial charge in [0.2, 0.25) is 0 Å². The van der Waals surface area contributed by atoms with E-state index in [-0.39, 0.29) is 5.75 Å². The van der Waals surface area contributed by atoms with E-state index in [0.29, 0.717) is 16.2 Å². The SMILES string of the molecule is O=C(CC12CC3CC(CC(C3)C1)C2)c1ccc(CCc2cc(Cl)ccc2O)cc1. The summed E-state index contributed by atoms with van der Waals surface area (Å²) in [7, 11) is 0. The maximum Gasteiger partial charge on any atom is 0.163 e. The van der Waals surface area contributed by atoms with Gasteiger partial charge >= 0.3 is 0 Å². The third-order valence-electron chi connectivity index (χ3n) is 7.70. The van der Waals surface area contributed by atoms with Crippen molar-refractivity contribution in [3.63, 3.8) is 0 Å². The van der Waals surface area contributed by atoms with Crippen LogP contribution in [0.1, 0.15) is 66.4 Å². The van der Waals surface area contributed by atoms with E-state index in [1.54, 1.807) is 12.1 Å². The quantitative estimate of drug-likeness (QED) is 0.545. The highest BCUT2D eigenvalue weighted by Gasteiger charge is 2.51. The van der Waals surface area contributed by atoms with Gasteiger partial charge in [-0.1, -0.05) is 35.9 Å². The third kappa shape index (κ3) is 3.97. The van der Waals surface area contributed by atoms with Gasteiger partial charge in [-0.3, -0.25) is 4.79 Å². The van der Waals surface area contributed by atoms with Gasteiger partial charge in [-0.05, 0) is 104 Å². The van der Waals surface area contributed by atoms with E-state index in [9.17, 15) is 9.90 Å². The molecule has 0 saturated heterocycles. The lowest BCUT2D eigenvalue weighted by Crippen LogP contribution is -2.46. The lowest BCUT2D eigenvalue weighted by atomic mass is 9.48. The summed E-state index contributed by atoms with van der Waals surface area (Å²) in [6.07, 6.45) is 10.4. The molecule has 4 fully saturated rings. The van der Waals surface area contributed by atoms with Crippen molar-refractivity contribution in [1.82, 2.24) is 0 Å². The lowest BCUT2D eigenvalue weighted by molar-refractivity contribution is -0.0524. The highest BCUT2D eigenvalue weighted by molar-refractivity contribution is 6.30. The molecular weight excluding hydrogens is 380 g/mol. The minimum Gasteiger partial charge on any atom is -0.508 e. The summed E-state index contributed by atoms with van der Waals surface area (Å²) in [5.74, 6) is 3.28. The zero-order valence-electron chi connectivity index (χ0n) is 16.9. The molecule has 0 aromatic heterocycles. The Morgan fingerprint density at radius 2 is 1.55 bits per heavy atom. The molecule has 4 aliphatic rings. The largest absolute Gasteiger partial charge is 0.508 e. The van der Waals surface area contributed by atoms with Crippen molar-refractivity contribution < 1.29 is 9.90 Å². The second kappa shape index (κ2) is 7.47. The second-order valence-corrected chi connectivity index (χ2v) is 10.4. The molecule has 4 aliphatic carbocycles. The van der Waals surface area contributed by atoms with Gasteiger partial charge in [0, 0.05) is 17.0 Å². The normalized spacial score (nSPS) is 29.9. The van der Waals surface area contributed by atoms with E-state index in [1.165, 1.54) is 44.1 Å². The zero-order valence-corrected chi connectivity index (χ0v) is 17.6. The molecule has 0 heterocycles. The molecule has 4 saturated carbocycles. The summed E-state index contributed by atoms with van der Waals surface area (Å²) < 4.78 is 0. The first-order chi connectivity index (χ1) is 14.0. The van der Waals surface area contributed by atoms with Crippen LogP contribution in [0.3, 0.4) is 0 Å². The maximum absolute atomic E-state index is 13.1. The number of phenolic OH excluding ortho intramolecular Hbond substituents is 1. The van der Waals surface area contributed by atoms with Crippen LogP contribution in [0.5, 0.6) is 5.75 Å². The van der Waals surface area contributed by atoms with Crippen LogP contribution >= 0.6 is 11.6 Å². The van der Waals surface area contributed by atoms with Crippen LogP contribution in [-0.4, -0.2) is 10.9 Å². The first kappa shape index (κ1) is 19.2. The Morgan fingerprint density at radius 1 is 0.931 bits per heavy atom. The average molecular weight is 409 g/mol. The van der Waals surface area contributed by atoms with Gasteiger partial charge in [0.15, 0.2) is 5.78 Å². The van der Waals surface area contributed by atoms with Crippen molar-refractivity contribution in [2.75, 3.05) is 0 Å². The van der Waals surface area contributed by atoms with Crippen molar-refractivity contribution in [3.05, 3.63) is 64.2 Å². The smallest absolute Gasteiger partial charge is 0.163 e. The molecular formula is C26H29ClO2. The molecule has 2 nitrogen and oxygen atoms in total. The van der Waals surface area contributed by atoms with Gasteiger partial charge in [0.25, 0.3) is 0 Å². The molecule has 2 aromatic carbocycles. The molecule has 4 bridgehead atoms. The second-order valence-electron chi connectivity index (χ2n) is 9.99. The summed E-state index contributed by atoms with van der Waals surface area (Å²) in [5.41, 5.74) is 3.19. The predicted molar refractivity (Wildman–Crippen MR) is 117 cm³/mol. The molecule has 0 aliphatic heterocycles. The molecule has 0 unspecified atom stereocenters. The maximum atomic E-state index is 13.1. The Bertz CT molecular complexity index is 880. The number of aromatic hydroxyl groups is 1. The number of aryl methyl sites for hydroxylation is 2. The van der Waals surface area contributed by atoms with Crippen LogP contribution in [-0.2, 0) is 12.8 Å². The van der Waals surface area contributed by atoms with E-state index < -0.39 is 0 Å². The van der Waals surface area contributed by atoms with Gasteiger partial charge in [0.05, 0.1) is 0 Å². The third-order valence-corrected chi connectivity index (χ3v) is 7.94. The van der Waals surface area contributed by atoms with Crippen LogP contribution < -0.4 is 0 Å². The fourth-order valence-electron chi connectivity index (χ4n) is 6.84. The molecule has 0 atom stereocenters. The number of Topliss-reactive ketones (excluding diaryl/α,β-unsaturated/α-hetero) is 1. The number of halogens is 1. The first-order valence-electron chi connectivity index (χ1n) is 11.1. The number of hydrogen-bond acceptors (Lipinski definition) is 2. The highest BCUT2D eigenvalue weighted by Crippen LogP contribution is 2.61. The number of carbonyl (C=O) groups is 1. The van der Waals surface area contributed by atoms with Crippen LogP contribution in [0.25, 0.3) is 0 Å². The number of benzene rings is 2. The number of phenols is 1. The zero-order chi connectivity index (χ0) is 20.0. The van der Waals surface area contributed by atoms with E-state index in [4.69, 9.17) is 11.6 Å². The van der Waals surface area contributed by atoms with Gasteiger partial charge in [-0.2, -0.15) is 0 Å². The van der Waals surface area contributed by atoms with Crippen LogP contribution in [0.2, 0.25) is 5.02 Å². The molecule has 29 heavy (non-hydrogen) atoms. The molecule has 152 valence electrons. The summed E-state index contributed by atoms with van der Waals surface area (Å²) in [4.78, 5) is 13.1. The number of rotatable bonds is 6. The average Bonchev–Trinajstić information content (AvgIpc) is 2.67. The van der Waals surface area contributed by atoms with E-state index in [2.05, 4.69) is 12.1 Å². The Morgan fingerprint density at radius 3 is 2.17 bits per heavy atom. The minimum atomic E-state index is 0.289. The van der Waals surface area contributed by atoms with Gasteiger partial charge < -0.3 is 5.11 Å². The van der Waals surface area contributed by atoms with Crippen molar-refractivity contribution in [3.8, 4) is 5.75 Å². The van der Waals surface area contributed by atoms with E-state index in [0.717, 1.165) is 48.1 Å². The highest BCUT2D eigenvalue weighted by atomic mass is 35.5. The standard InChI is InChI=1S/C26H29ClO2/c27-23-7-8-24(28)22(12-23)6-3-17-1-4-21(5-2-17)25(29)16-26-13-18-9-19(14-26)11-20(10-18)15-26/h1-2,4-5,7-8,12,18-20,28H,3,6,9-11,13-16H2. The Labute approximate surface area is 178 Å². The molecule has 6 rings (SSSR count). The van der Waals surface area contributed by atoms with E-state index in [1.807, 2.05) is 18.2 Å².